The molecule has 0 fully saturated rings. The molecule has 0 radical (unpaired) electrons. The van der Waals surface area contributed by atoms with Crippen molar-refractivity contribution in [3.05, 3.63) is 24.3 Å². The fourth-order valence-electron chi connectivity index (χ4n) is 1.07. The number of rotatable bonds is 3. The number of halogens is 1. The highest BCUT2D eigenvalue weighted by Crippen LogP contribution is 2.21. The van der Waals surface area contributed by atoms with E-state index in [4.69, 9.17) is 17.2 Å². The van der Waals surface area contributed by atoms with Gasteiger partial charge in [0.2, 0.25) is 5.96 Å². The maximum Gasteiger partial charge on any atom is 0.223 e. The smallest absolute Gasteiger partial charge is 0.223 e. The number of guanidine groups is 2. The van der Waals surface area contributed by atoms with E-state index in [2.05, 4.69) is 16.9 Å². The van der Waals surface area contributed by atoms with E-state index in [1.54, 1.807) is 11.8 Å². The van der Waals surface area contributed by atoms with Gasteiger partial charge >= 0.3 is 0 Å². The van der Waals surface area contributed by atoms with Crippen molar-refractivity contribution in [2.75, 3.05) is 5.75 Å². The first-order chi connectivity index (χ1) is 7.61. The Kier molecular flexibility index (Phi) is 7.16. The van der Waals surface area contributed by atoms with Crippen LogP contribution in [0.1, 0.15) is 6.92 Å². The Morgan fingerprint density at radius 1 is 1.18 bits per heavy atom. The maximum atomic E-state index is 5.50. The maximum absolute atomic E-state index is 5.50. The van der Waals surface area contributed by atoms with Gasteiger partial charge in [-0.2, -0.15) is 4.99 Å². The first-order valence-electron chi connectivity index (χ1n) is 4.78. The molecule has 0 amide bonds. The fraction of sp³-hybridized carbons (Fsp3) is 0.200. The van der Waals surface area contributed by atoms with Crippen molar-refractivity contribution in [2.24, 2.45) is 27.2 Å². The summed E-state index contributed by atoms with van der Waals surface area (Å²) in [5, 5.41) is 0. The van der Waals surface area contributed by atoms with Gasteiger partial charge in [-0.15, -0.1) is 24.2 Å². The summed E-state index contributed by atoms with van der Waals surface area (Å²) >= 11 is 1.77. The molecular weight excluding hydrogens is 258 g/mol. The Labute approximate surface area is 111 Å². The van der Waals surface area contributed by atoms with Crippen LogP contribution in [0.5, 0.6) is 0 Å². The number of benzene rings is 1. The van der Waals surface area contributed by atoms with Gasteiger partial charge in [-0.3, -0.25) is 0 Å². The second-order valence-electron chi connectivity index (χ2n) is 2.93. The van der Waals surface area contributed by atoms with Crippen LogP contribution in [0.2, 0.25) is 0 Å². The Morgan fingerprint density at radius 2 is 1.76 bits per heavy atom. The first-order valence-corrected chi connectivity index (χ1v) is 5.77. The first kappa shape index (κ1) is 15.6. The summed E-state index contributed by atoms with van der Waals surface area (Å²) in [5.74, 6) is 0.994. The van der Waals surface area contributed by atoms with Crippen molar-refractivity contribution in [2.45, 2.75) is 11.8 Å². The number of nitrogens with two attached hydrogens (primary N) is 3. The van der Waals surface area contributed by atoms with Crippen LogP contribution in [-0.4, -0.2) is 17.7 Å². The molecule has 5 nitrogen and oxygen atoms in total. The summed E-state index contributed by atoms with van der Waals surface area (Å²) in [4.78, 5) is 8.86. The van der Waals surface area contributed by atoms with Crippen LogP contribution in [0, 0.1) is 0 Å². The molecule has 0 aliphatic heterocycles. The fourth-order valence-corrected chi connectivity index (χ4v) is 1.73. The highest BCUT2D eigenvalue weighted by Gasteiger charge is 1.94. The zero-order valence-electron chi connectivity index (χ0n) is 9.46. The highest BCUT2D eigenvalue weighted by molar-refractivity contribution is 7.99. The SMILES string of the molecule is CCSc1ccc(N=C(N)N=C(N)N)cc1.Cl. The predicted molar refractivity (Wildman–Crippen MR) is 77.2 cm³/mol. The van der Waals surface area contributed by atoms with Crippen LogP contribution in [0.3, 0.4) is 0 Å². The van der Waals surface area contributed by atoms with Gasteiger partial charge in [0.1, 0.15) is 0 Å². The molecule has 6 N–H and O–H groups in total. The molecule has 0 heterocycles. The van der Waals surface area contributed by atoms with E-state index in [1.165, 1.54) is 4.90 Å². The van der Waals surface area contributed by atoms with E-state index in [9.17, 15) is 0 Å². The molecular formula is C10H16ClN5S. The molecule has 1 aromatic carbocycles. The van der Waals surface area contributed by atoms with Gasteiger partial charge in [-0.25, -0.2) is 4.99 Å². The summed E-state index contributed by atoms with van der Waals surface area (Å²) in [6.45, 7) is 2.10. The van der Waals surface area contributed by atoms with Crippen molar-refractivity contribution in [1.82, 2.24) is 0 Å². The van der Waals surface area contributed by atoms with Crippen molar-refractivity contribution in [1.29, 1.82) is 0 Å². The zero-order valence-corrected chi connectivity index (χ0v) is 11.1. The van der Waals surface area contributed by atoms with E-state index >= 15 is 0 Å². The number of hydrogen-bond donors (Lipinski definition) is 3. The molecule has 0 saturated heterocycles. The molecule has 7 heteroatoms. The Balaban J connectivity index is 0.00000256. The van der Waals surface area contributed by atoms with Crippen LogP contribution in [0.4, 0.5) is 5.69 Å². The largest absolute Gasteiger partial charge is 0.370 e. The summed E-state index contributed by atoms with van der Waals surface area (Å²) in [7, 11) is 0. The molecule has 0 aromatic heterocycles. The van der Waals surface area contributed by atoms with Crippen molar-refractivity contribution in [3.63, 3.8) is 0 Å². The van der Waals surface area contributed by atoms with Gasteiger partial charge in [0.05, 0.1) is 5.69 Å². The molecule has 0 saturated carbocycles. The van der Waals surface area contributed by atoms with Crippen LogP contribution in [0.15, 0.2) is 39.1 Å². The average molecular weight is 274 g/mol. The standard InChI is InChI=1S/C10H15N5S.ClH/c1-2-16-8-5-3-7(4-6-8)14-10(13)15-9(11)12;/h3-6H,2H2,1H3,(H6,11,12,13,14,15);1H. The molecule has 94 valence electrons. The summed E-state index contributed by atoms with van der Waals surface area (Å²) < 4.78 is 0. The van der Waals surface area contributed by atoms with Crippen LogP contribution in [-0.2, 0) is 0 Å². The second-order valence-corrected chi connectivity index (χ2v) is 4.27. The lowest BCUT2D eigenvalue weighted by molar-refractivity contribution is 1.36. The minimum atomic E-state index is -0.0978. The Bertz CT molecular complexity index is 398. The predicted octanol–water partition coefficient (Wildman–Crippen LogP) is 1.44. The third-order valence-electron chi connectivity index (χ3n) is 1.64. The lowest BCUT2D eigenvalue weighted by Crippen LogP contribution is -2.26. The topological polar surface area (TPSA) is 103 Å². The van der Waals surface area contributed by atoms with Gasteiger partial charge < -0.3 is 17.2 Å². The molecule has 1 rings (SSSR count). The lowest BCUT2D eigenvalue weighted by atomic mass is 10.3. The molecule has 0 atom stereocenters. The molecule has 0 aliphatic carbocycles. The third-order valence-corrected chi connectivity index (χ3v) is 2.53. The minimum absolute atomic E-state index is 0. The summed E-state index contributed by atoms with van der Waals surface area (Å²) in [6.07, 6.45) is 0. The van der Waals surface area contributed by atoms with E-state index in [0.29, 0.717) is 0 Å². The van der Waals surface area contributed by atoms with Crippen molar-refractivity contribution >= 4 is 41.8 Å². The number of aliphatic imine (C=N–C) groups is 2. The molecule has 0 aliphatic rings. The second kappa shape index (κ2) is 7.81. The van der Waals surface area contributed by atoms with Gasteiger partial charge in [0.15, 0.2) is 5.96 Å². The summed E-state index contributed by atoms with van der Waals surface area (Å²) in [6, 6.07) is 7.70. The van der Waals surface area contributed by atoms with E-state index in [1.807, 2.05) is 24.3 Å². The van der Waals surface area contributed by atoms with Crippen molar-refractivity contribution < 1.29 is 0 Å². The highest BCUT2D eigenvalue weighted by atomic mass is 35.5. The van der Waals surface area contributed by atoms with E-state index < -0.39 is 0 Å². The zero-order chi connectivity index (χ0) is 12.0. The van der Waals surface area contributed by atoms with E-state index in [-0.39, 0.29) is 24.3 Å². The van der Waals surface area contributed by atoms with Crippen LogP contribution < -0.4 is 17.2 Å². The minimum Gasteiger partial charge on any atom is -0.370 e. The lowest BCUT2D eigenvalue weighted by Gasteiger charge is -1.99. The quantitative estimate of drug-likeness (QED) is 0.440. The number of thioether (sulfide) groups is 1. The third kappa shape index (κ3) is 6.03. The Morgan fingerprint density at radius 3 is 2.24 bits per heavy atom. The molecule has 0 spiro atoms. The normalized spacial score (nSPS) is 10.5. The molecule has 0 bridgehead atoms. The van der Waals surface area contributed by atoms with Crippen LogP contribution in [0.25, 0.3) is 0 Å². The average Bonchev–Trinajstić information content (AvgIpc) is 2.20. The van der Waals surface area contributed by atoms with Gasteiger partial charge in [-0.1, -0.05) is 6.92 Å². The summed E-state index contributed by atoms with van der Waals surface area (Å²) in [5.41, 5.74) is 16.6. The van der Waals surface area contributed by atoms with Crippen LogP contribution >= 0.6 is 24.2 Å². The van der Waals surface area contributed by atoms with Gasteiger partial charge in [-0.05, 0) is 30.0 Å². The Hall–Kier alpha value is -1.40. The number of hydrogen-bond acceptors (Lipinski definition) is 2. The molecule has 0 unspecified atom stereocenters. The van der Waals surface area contributed by atoms with E-state index in [0.717, 1.165) is 11.4 Å². The molecule has 17 heavy (non-hydrogen) atoms. The molecule has 1 aromatic rings. The van der Waals surface area contributed by atoms with Gasteiger partial charge in [0, 0.05) is 4.90 Å². The van der Waals surface area contributed by atoms with Gasteiger partial charge in [0.25, 0.3) is 0 Å². The van der Waals surface area contributed by atoms with Crippen molar-refractivity contribution in [3.8, 4) is 0 Å². The number of nitrogens with zero attached hydrogens (tertiary/aromatic N) is 2. The monoisotopic (exact) mass is 273 g/mol.